The molecule has 5 fully saturated rings. The molecule has 0 bridgehead atoms. The molecule has 0 amide bonds. The molecule has 1 saturated heterocycles. The number of aliphatic hydroxyl groups is 3. The van der Waals surface area contributed by atoms with Gasteiger partial charge in [-0.15, -0.1) is 0 Å². The molecule has 1 aromatic rings. The van der Waals surface area contributed by atoms with Crippen LogP contribution < -0.4 is 4.90 Å². The van der Waals surface area contributed by atoms with E-state index < -0.39 is 17.0 Å². The van der Waals surface area contributed by atoms with Crippen molar-refractivity contribution in [3.63, 3.8) is 0 Å². The van der Waals surface area contributed by atoms with Gasteiger partial charge in [-0.3, -0.25) is 0 Å². The SMILES string of the molecule is CN(C)c1ccc([C@@H]2C[C@]3(C)[C@@H](CC[C@]3(O)C#CCO)C3CC[C@@]4(O)CC5(CCC4C32)OCCO5)cc1. The zero-order valence-electron chi connectivity index (χ0n) is 22.6. The number of aliphatic hydroxyl groups excluding tert-OH is 1. The van der Waals surface area contributed by atoms with E-state index in [1.54, 1.807) is 0 Å². The second-order valence-corrected chi connectivity index (χ2v) is 13.0. The first-order valence-electron chi connectivity index (χ1n) is 14.2. The molecule has 0 radical (unpaired) electrons. The number of fused-ring (bicyclic) bond motifs is 5. The van der Waals surface area contributed by atoms with Crippen LogP contribution in [-0.2, 0) is 9.47 Å². The van der Waals surface area contributed by atoms with Crippen LogP contribution in [0, 0.1) is 40.9 Å². The molecule has 37 heavy (non-hydrogen) atoms. The smallest absolute Gasteiger partial charge is 0.171 e. The minimum Gasteiger partial charge on any atom is -0.389 e. The van der Waals surface area contributed by atoms with Crippen LogP contribution in [0.3, 0.4) is 0 Å². The summed E-state index contributed by atoms with van der Waals surface area (Å²) in [6.07, 6.45) is 6.44. The van der Waals surface area contributed by atoms with Crippen LogP contribution in [0.2, 0.25) is 0 Å². The molecule has 202 valence electrons. The van der Waals surface area contributed by atoms with E-state index >= 15 is 0 Å². The summed E-state index contributed by atoms with van der Waals surface area (Å²) in [5, 5.41) is 33.5. The number of anilines is 1. The number of rotatable bonds is 2. The molecule has 4 aliphatic carbocycles. The minimum absolute atomic E-state index is 0.185. The Hall–Kier alpha value is -1.62. The van der Waals surface area contributed by atoms with Gasteiger partial charge in [-0.2, -0.15) is 0 Å². The molecule has 6 rings (SSSR count). The summed E-state index contributed by atoms with van der Waals surface area (Å²) in [4.78, 5) is 2.12. The molecule has 1 aromatic carbocycles. The predicted molar refractivity (Wildman–Crippen MR) is 142 cm³/mol. The van der Waals surface area contributed by atoms with Gasteiger partial charge in [-0.1, -0.05) is 30.9 Å². The van der Waals surface area contributed by atoms with Crippen LogP contribution in [0.25, 0.3) is 0 Å². The van der Waals surface area contributed by atoms with Gasteiger partial charge in [0.2, 0.25) is 0 Å². The Kier molecular flexibility index (Phi) is 6.21. The van der Waals surface area contributed by atoms with Crippen molar-refractivity contribution in [2.24, 2.45) is 29.1 Å². The monoisotopic (exact) mass is 509 g/mol. The number of hydrogen-bond donors (Lipinski definition) is 3. The highest BCUT2D eigenvalue weighted by Crippen LogP contribution is 2.69. The molecule has 0 aromatic heterocycles. The number of hydrogen-bond acceptors (Lipinski definition) is 6. The van der Waals surface area contributed by atoms with Crippen molar-refractivity contribution in [3.05, 3.63) is 29.8 Å². The Bertz CT molecular complexity index is 1070. The Morgan fingerprint density at radius 3 is 2.35 bits per heavy atom. The third-order valence-electron chi connectivity index (χ3n) is 11.2. The molecule has 1 spiro atoms. The zero-order valence-corrected chi connectivity index (χ0v) is 22.6. The van der Waals surface area contributed by atoms with Crippen molar-refractivity contribution < 1.29 is 24.8 Å². The molecule has 4 saturated carbocycles. The van der Waals surface area contributed by atoms with Gasteiger partial charge in [0, 0.05) is 38.0 Å². The summed E-state index contributed by atoms with van der Waals surface area (Å²) in [5.41, 5.74) is 0.224. The highest BCUT2D eigenvalue weighted by atomic mass is 16.7. The fourth-order valence-electron chi connectivity index (χ4n) is 9.48. The van der Waals surface area contributed by atoms with Gasteiger partial charge in [0.1, 0.15) is 12.2 Å². The Labute approximate surface area is 221 Å². The van der Waals surface area contributed by atoms with Gasteiger partial charge in [-0.05, 0) is 85.8 Å². The highest BCUT2D eigenvalue weighted by Gasteiger charge is 2.67. The summed E-state index contributed by atoms with van der Waals surface area (Å²) >= 11 is 0. The summed E-state index contributed by atoms with van der Waals surface area (Å²) in [7, 11) is 4.12. The first-order valence-corrected chi connectivity index (χ1v) is 14.2. The van der Waals surface area contributed by atoms with E-state index in [1.165, 1.54) is 11.3 Å². The van der Waals surface area contributed by atoms with Gasteiger partial charge in [-0.25, -0.2) is 0 Å². The molecule has 3 N–H and O–H groups in total. The maximum atomic E-state index is 12.2. The first-order chi connectivity index (χ1) is 17.6. The maximum Gasteiger partial charge on any atom is 0.171 e. The lowest BCUT2D eigenvalue weighted by atomic mass is 9.44. The summed E-state index contributed by atoms with van der Waals surface area (Å²) in [6.45, 7) is 3.24. The third-order valence-corrected chi connectivity index (χ3v) is 11.2. The molecular weight excluding hydrogens is 466 g/mol. The van der Waals surface area contributed by atoms with Crippen molar-refractivity contribution >= 4 is 5.69 Å². The van der Waals surface area contributed by atoms with Gasteiger partial charge < -0.3 is 29.7 Å². The highest BCUT2D eigenvalue weighted by molar-refractivity contribution is 5.47. The fourth-order valence-corrected chi connectivity index (χ4v) is 9.48. The third kappa shape index (κ3) is 3.88. The average Bonchev–Trinajstić information content (AvgIpc) is 3.43. The van der Waals surface area contributed by atoms with Crippen molar-refractivity contribution in [2.45, 2.75) is 81.2 Å². The van der Waals surface area contributed by atoms with E-state index in [2.05, 4.69) is 62.0 Å². The van der Waals surface area contributed by atoms with E-state index in [9.17, 15) is 15.3 Å². The number of benzene rings is 1. The van der Waals surface area contributed by atoms with Crippen molar-refractivity contribution in [2.75, 3.05) is 38.8 Å². The van der Waals surface area contributed by atoms with Gasteiger partial charge >= 0.3 is 0 Å². The molecule has 8 atom stereocenters. The van der Waals surface area contributed by atoms with Gasteiger partial charge in [0.05, 0.1) is 18.8 Å². The van der Waals surface area contributed by atoms with E-state index in [1.807, 2.05) is 0 Å². The topological polar surface area (TPSA) is 82.4 Å². The number of ether oxygens (including phenoxy) is 2. The van der Waals surface area contributed by atoms with Crippen molar-refractivity contribution in [1.29, 1.82) is 0 Å². The molecule has 6 heteroatoms. The molecule has 1 aliphatic heterocycles. The van der Waals surface area contributed by atoms with Crippen molar-refractivity contribution in [1.82, 2.24) is 0 Å². The lowest BCUT2D eigenvalue weighted by molar-refractivity contribution is -0.259. The van der Waals surface area contributed by atoms with Crippen LogP contribution >= 0.6 is 0 Å². The largest absolute Gasteiger partial charge is 0.389 e. The first kappa shape index (κ1) is 25.6. The number of nitrogens with zero attached hydrogens (tertiary/aromatic N) is 1. The quantitative estimate of drug-likeness (QED) is 0.528. The van der Waals surface area contributed by atoms with Crippen molar-refractivity contribution in [3.8, 4) is 11.8 Å². The average molecular weight is 510 g/mol. The fraction of sp³-hybridized carbons (Fsp3) is 0.742. The van der Waals surface area contributed by atoms with E-state index in [0.29, 0.717) is 43.8 Å². The minimum atomic E-state index is -1.09. The van der Waals surface area contributed by atoms with Crippen LogP contribution in [0.5, 0.6) is 0 Å². The summed E-state index contributed by atoms with van der Waals surface area (Å²) in [5.74, 6) is 6.81. The maximum absolute atomic E-state index is 12.2. The standard InChI is InChI=1S/C31H43NO5/c1-28-19-24(21-5-7-22(8-6-21)32(2)3)27-23(25(28)10-14-30(28,35)12-4-16-33)9-13-29(34)20-31(15-11-26(27)29)36-17-18-37-31/h5-8,23-27,33-35H,9-11,13-20H2,1-3H3/t23?,24-,25-,26?,27?,28+,29+,30+/m0/s1. The van der Waals surface area contributed by atoms with Crippen LogP contribution in [0.4, 0.5) is 5.69 Å². The molecule has 3 unspecified atom stereocenters. The van der Waals surface area contributed by atoms with Crippen LogP contribution in [0.15, 0.2) is 24.3 Å². The molecule has 5 aliphatic rings. The van der Waals surface area contributed by atoms with E-state index in [-0.39, 0.29) is 23.9 Å². The predicted octanol–water partition coefficient (Wildman–Crippen LogP) is 3.68. The molecule has 6 nitrogen and oxygen atoms in total. The van der Waals surface area contributed by atoms with E-state index in [4.69, 9.17) is 9.47 Å². The lowest BCUT2D eigenvalue weighted by Gasteiger charge is -2.62. The van der Waals surface area contributed by atoms with Crippen LogP contribution in [0.1, 0.15) is 69.8 Å². The molecule has 1 heterocycles. The normalized spacial score (nSPS) is 43.9. The lowest BCUT2D eigenvalue weighted by Crippen LogP contribution is -2.62. The second-order valence-electron chi connectivity index (χ2n) is 13.0. The summed E-state index contributed by atoms with van der Waals surface area (Å²) < 4.78 is 12.1. The van der Waals surface area contributed by atoms with Gasteiger partial charge in [0.25, 0.3) is 0 Å². The molecular formula is C31H43NO5. The Morgan fingerprint density at radius 2 is 1.68 bits per heavy atom. The zero-order chi connectivity index (χ0) is 26.1. The van der Waals surface area contributed by atoms with Gasteiger partial charge in [0.15, 0.2) is 5.79 Å². The van der Waals surface area contributed by atoms with Crippen LogP contribution in [-0.4, -0.2) is 66.2 Å². The Morgan fingerprint density at radius 1 is 0.973 bits per heavy atom. The Balaban J connectivity index is 1.41. The second kappa shape index (κ2) is 8.96. The summed E-state index contributed by atoms with van der Waals surface area (Å²) in [6, 6.07) is 8.90. The van der Waals surface area contributed by atoms with E-state index in [0.717, 1.165) is 38.5 Å².